The average Bonchev–Trinajstić information content (AvgIpc) is 2.30. The Labute approximate surface area is 103 Å². The van der Waals surface area contributed by atoms with Crippen LogP contribution in [0, 0.1) is 47.3 Å². The molecule has 0 aromatic heterocycles. The van der Waals surface area contributed by atoms with Gasteiger partial charge in [-0.2, -0.15) is 0 Å². The Bertz CT molecular complexity index is 132. The molecule has 1 fully saturated rings. The molecule has 0 radical (unpaired) electrons. The van der Waals surface area contributed by atoms with Crippen LogP contribution >= 0.6 is 0 Å². The van der Waals surface area contributed by atoms with Crippen molar-refractivity contribution < 1.29 is 0 Å². The van der Waals surface area contributed by atoms with Gasteiger partial charge in [-0.3, -0.25) is 0 Å². The number of hydrogen-bond donors (Lipinski definition) is 0. The molecule has 0 N–H and O–H groups in total. The summed E-state index contributed by atoms with van der Waals surface area (Å²) >= 11 is 0. The molecule has 0 heteroatoms. The van der Waals surface area contributed by atoms with Gasteiger partial charge in [0.2, 0.25) is 0 Å². The second-order valence-corrected chi connectivity index (χ2v) is 6.87. The summed E-state index contributed by atoms with van der Waals surface area (Å²) in [6, 6.07) is 0. The minimum atomic E-state index is 0.863. The third-order valence-electron chi connectivity index (χ3n) is 6.63. The molecule has 16 heavy (non-hydrogen) atoms. The average molecular weight is 224 g/mol. The first-order chi connectivity index (χ1) is 7.29. The van der Waals surface area contributed by atoms with Gasteiger partial charge < -0.3 is 0 Å². The highest BCUT2D eigenvalue weighted by atomic mass is 14.4. The molecule has 1 aliphatic carbocycles. The van der Waals surface area contributed by atoms with Crippen molar-refractivity contribution in [3.63, 3.8) is 0 Å². The molecule has 1 aliphatic rings. The van der Waals surface area contributed by atoms with Crippen LogP contribution in [0.25, 0.3) is 0 Å². The van der Waals surface area contributed by atoms with E-state index in [2.05, 4.69) is 55.4 Å². The highest BCUT2D eigenvalue weighted by Crippen LogP contribution is 2.45. The molecular weight excluding hydrogens is 192 g/mol. The van der Waals surface area contributed by atoms with Crippen molar-refractivity contribution in [2.45, 2.75) is 55.4 Å². The van der Waals surface area contributed by atoms with E-state index in [4.69, 9.17) is 0 Å². The van der Waals surface area contributed by atoms with Gasteiger partial charge in [0.1, 0.15) is 0 Å². The summed E-state index contributed by atoms with van der Waals surface area (Å²) in [6.45, 7) is 19.8. The van der Waals surface area contributed by atoms with Gasteiger partial charge >= 0.3 is 0 Å². The van der Waals surface area contributed by atoms with E-state index in [0.29, 0.717) is 0 Å². The minimum Gasteiger partial charge on any atom is -0.0620 e. The summed E-state index contributed by atoms with van der Waals surface area (Å²) in [6.07, 6.45) is 0. The van der Waals surface area contributed by atoms with Crippen LogP contribution < -0.4 is 0 Å². The molecule has 0 aliphatic heterocycles. The summed E-state index contributed by atoms with van der Waals surface area (Å²) in [5.74, 6) is 6.91. The van der Waals surface area contributed by atoms with Crippen LogP contribution in [0.1, 0.15) is 55.4 Å². The van der Waals surface area contributed by atoms with Gasteiger partial charge in [-0.15, -0.1) is 0 Å². The lowest BCUT2D eigenvalue weighted by atomic mass is 9.60. The van der Waals surface area contributed by atoms with Crippen molar-refractivity contribution in [1.82, 2.24) is 0 Å². The summed E-state index contributed by atoms with van der Waals surface area (Å²) in [5, 5.41) is 0. The lowest BCUT2D eigenvalue weighted by Gasteiger charge is -2.45. The van der Waals surface area contributed by atoms with Crippen LogP contribution in [0.4, 0.5) is 0 Å². The molecule has 0 nitrogen and oxygen atoms in total. The largest absolute Gasteiger partial charge is 0.0620 e. The molecule has 0 aromatic carbocycles. The Kier molecular flexibility index (Phi) is 4.49. The molecule has 0 spiro atoms. The molecule has 96 valence electrons. The van der Waals surface area contributed by atoms with E-state index in [-0.39, 0.29) is 0 Å². The summed E-state index contributed by atoms with van der Waals surface area (Å²) in [4.78, 5) is 0. The van der Waals surface area contributed by atoms with E-state index in [9.17, 15) is 0 Å². The molecule has 0 saturated heterocycles. The molecule has 0 bridgehead atoms. The first kappa shape index (κ1) is 14.1. The summed E-state index contributed by atoms with van der Waals surface area (Å²) in [5.41, 5.74) is 0. The molecule has 0 unspecified atom stereocenters. The third kappa shape index (κ3) is 2.31. The van der Waals surface area contributed by atoms with Crippen LogP contribution in [-0.4, -0.2) is 0 Å². The van der Waals surface area contributed by atoms with Gasteiger partial charge in [-0.1, -0.05) is 55.4 Å². The van der Waals surface area contributed by atoms with E-state index in [1.165, 1.54) is 0 Å². The number of rotatable bonds is 0. The lowest BCUT2D eigenvalue weighted by molar-refractivity contribution is 0.0302. The zero-order valence-corrected chi connectivity index (χ0v) is 12.6. The number of hydrogen-bond acceptors (Lipinski definition) is 0. The zero-order valence-electron chi connectivity index (χ0n) is 12.6. The molecule has 0 aromatic rings. The van der Waals surface area contributed by atoms with Crippen molar-refractivity contribution in [2.24, 2.45) is 47.3 Å². The maximum Gasteiger partial charge on any atom is -0.0386 e. The molecular formula is C16H32. The van der Waals surface area contributed by atoms with Gasteiger partial charge in [0, 0.05) is 0 Å². The van der Waals surface area contributed by atoms with Gasteiger partial charge in [-0.25, -0.2) is 0 Å². The van der Waals surface area contributed by atoms with Crippen LogP contribution in [0.15, 0.2) is 0 Å². The fourth-order valence-electron chi connectivity index (χ4n) is 3.83. The molecule has 1 saturated carbocycles. The van der Waals surface area contributed by atoms with Crippen LogP contribution in [0.3, 0.4) is 0 Å². The quantitative estimate of drug-likeness (QED) is 0.538. The maximum absolute atomic E-state index is 2.47. The predicted octanol–water partition coefficient (Wildman–Crippen LogP) is 5.09. The first-order valence-electron chi connectivity index (χ1n) is 7.29. The van der Waals surface area contributed by atoms with Crippen molar-refractivity contribution in [3.8, 4) is 0 Å². The topological polar surface area (TPSA) is 0 Å². The standard InChI is InChI=1S/C16H32/c1-9-10(2)12(4)14(6)16(8)15(7)13(5)11(9)3/h9-16H,1-8H3. The predicted molar refractivity (Wildman–Crippen MR) is 73.3 cm³/mol. The Morgan fingerprint density at radius 2 is 0.312 bits per heavy atom. The van der Waals surface area contributed by atoms with E-state index >= 15 is 0 Å². The fraction of sp³-hybridized carbons (Fsp3) is 1.00. The second kappa shape index (κ2) is 5.10. The molecule has 0 heterocycles. The SMILES string of the molecule is CC1C(C)C(C)C(C)C(C)C(C)C(C)C1C. The Hall–Kier alpha value is 0. The third-order valence-corrected chi connectivity index (χ3v) is 6.63. The van der Waals surface area contributed by atoms with Crippen LogP contribution in [0.5, 0.6) is 0 Å². The van der Waals surface area contributed by atoms with E-state index in [1.807, 2.05) is 0 Å². The van der Waals surface area contributed by atoms with Gasteiger partial charge in [0.25, 0.3) is 0 Å². The van der Waals surface area contributed by atoms with Gasteiger partial charge in [0.15, 0.2) is 0 Å². The molecule has 0 amide bonds. The Morgan fingerprint density at radius 1 is 0.250 bits per heavy atom. The maximum atomic E-state index is 2.47. The Morgan fingerprint density at radius 3 is 0.375 bits per heavy atom. The smallest absolute Gasteiger partial charge is 0.0386 e. The lowest BCUT2D eigenvalue weighted by Crippen LogP contribution is -2.39. The van der Waals surface area contributed by atoms with Crippen molar-refractivity contribution in [1.29, 1.82) is 0 Å². The second-order valence-electron chi connectivity index (χ2n) is 6.87. The minimum absolute atomic E-state index is 0.863. The first-order valence-corrected chi connectivity index (χ1v) is 7.29. The van der Waals surface area contributed by atoms with Gasteiger partial charge in [-0.05, 0) is 47.3 Å². The van der Waals surface area contributed by atoms with Crippen molar-refractivity contribution >= 4 is 0 Å². The van der Waals surface area contributed by atoms with Crippen molar-refractivity contribution in [2.75, 3.05) is 0 Å². The van der Waals surface area contributed by atoms with Crippen LogP contribution in [-0.2, 0) is 0 Å². The Balaban J connectivity index is 2.98. The highest BCUT2D eigenvalue weighted by Gasteiger charge is 2.38. The molecule has 1 rings (SSSR count). The summed E-state index contributed by atoms with van der Waals surface area (Å²) in [7, 11) is 0. The van der Waals surface area contributed by atoms with Crippen LogP contribution in [0.2, 0.25) is 0 Å². The fourth-order valence-corrected chi connectivity index (χ4v) is 3.83. The summed E-state index contributed by atoms with van der Waals surface area (Å²) < 4.78 is 0. The monoisotopic (exact) mass is 224 g/mol. The normalized spacial score (nSPS) is 55.5. The molecule has 0 atom stereocenters. The van der Waals surface area contributed by atoms with Gasteiger partial charge in [0.05, 0.1) is 0 Å². The van der Waals surface area contributed by atoms with E-state index in [0.717, 1.165) is 47.3 Å². The zero-order chi connectivity index (χ0) is 12.6. The van der Waals surface area contributed by atoms with E-state index < -0.39 is 0 Å². The van der Waals surface area contributed by atoms with Crippen molar-refractivity contribution in [3.05, 3.63) is 0 Å². The highest BCUT2D eigenvalue weighted by molar-refractivity contribution is 4.87. The van der Waals surface area contributed by atoms with E-state index in [1.54, 1.807) is 0 Å².